The van der Waals surface area contributed by atoms with Gasteiger partial charge in [0.25, 0.3) is 0 Å². The van der Waals surface area contributed by atoms with Gasteiger partial charge in [0.05, 0.1) is 13.7 Å². The van der Waals surface area contributed by atoms with Crippen LogP contribution in [0.15, 0.2) is 54.7 Å². The number of fused-ring (bicyclic) bond motifs is 1. The lowest BCUT2D eigenvalue weighted by molar-refractivity contribution is -0.135. The van der Waals surface area contributed by atoms with E-state index in [0.29, 0.717) is 19.0 Å². The highest BCUT2D eigenvalue weighted by Gasteiger charge is 2.26. The lowest BCUT2D eigenvalue weighted by atomic mass is 9.89. The second-order valence-electron chi connectivity index (χ2n) is 8.81. The molecule has 1 N–H and O–H groups in total. The van der Waals surface area contributed by atoms with E-state index in [1.807, 2.05) is 29.2 Å². The molecule has 0 saturated carbocycles. The van der Waals surface area contributed by atoms with E-state index in [-0.39, 0.29) is 11.9 Å². The van der Waals surface area contributed by atoms with Gasteiger partial charge in [0.1, 0.15) is 5.75 Å². The third-order valence-electron chi connectivity index (χ3n) is 6.45. The first-order valence-corrected chi connectivity index (χ1v) is 11.3. The van der Waals surface area contributed by atoms with Crippen LogP contribution in [-0.4, -0.2) is 53.5 Å². The van der Waals surface area contributed by atoms with Crippen LogP contribution in [0.25, 0.3) is 10.9 Å². The van der Waals surface area contributed by atoms with Crippen molar-refractivity contribution in [3.8, 4) is 5.75 Å². The summed E-state index contributed by atoms with van der Waals surface area (Å²) in [5, 5.41) is 1.25. The van der Waals surface area contributed by atoms with Crippen molar-refractivity contribution in [3.05, 3.63) is 65.9 Å². The van der Waals surface area contributed by atoms with Gasteiger partial charge in [-0.15, -0.1) is 0 Å². The maximum Gasteiger partial charge on any atom is 0.237 e. The molecule has 1 amide bonds. The number of ether oxygens (including phenoxy) is 1. The van der Waals surface area contributed by atoms with Crippen LogP contribution < -0.4 is 4.74 Å². The number of nitrogens with zero attached hydrogens (tertiary/aromatic N) is 2. The predicted molar refractivity (Wildman–Crippen MR) is 125 cm³/mol. The summed E-state index contributed by atoms with van der Waals surface area (Å²) in [6.07, 6.45) is 4.28. The Morgan fingerprint density at radius 1 is 1.16 bits per heavy atom. The summed E-state index contributed by atoms with van der Waals surface area (Å²) >= 11 is 0. The molecule has 1 fully saturated rings. The number of likely N-dealkylation sites (tertiary alicyclic amines) is 1. The maximum atomic E-state index is 13.1. The van der Waals surface area contributed by atoms with Crippen molar-refractivity contribution < 1.29 is 9.53 Å². The van der Waals surface area contributed by atoms with Crippen LogP contribution in [0.5, 0.6) is 5.75 Å². The van der Waals surface area contributed by atoms with Crippen LogP contribution in [0.4, 0.5) is 0 Å². The minimum absolute atomic E-state index is 0.187. The van der Waals surface area contributed by atoms with E-state index in [4.69, 9.17) is 4.74 Å². The molecule has 0 bridgehead atoms. The number of aromatic amines is 1. The summed E-state index contributed by atoms with van der Waals surface area (Å²) in [4.78, 5) is 20.8. The van der Waals surface area contributed by atoms with Crippen LogP contribution in [-0.2, 0) is 11.3 Å². The van der Waals surface area contributed by atoms with Gasteiger partial charge in [0.2, 0.25) is 5.91 Å². The molecule has 3 aromatic rings. The number of benzene rings is 2. The third kappa shape index (κ3) is 4.93. The summed E-state index contributed by atoms with van der Waals surface area (Å²) in [6.45, 7) is 7.26. The Morgan fingerprint density at radius 2 is 1.90 bits per heavy atom. The first-order valence-electron chi connectivity index (χ1n) is 11.3. The fraction of sp³-hybridized carbons (Fsp3) is 0.423. The predicted octanol–water partition coefficient (Wildman–Crippen LogP) is 4.79. The first-order chi connectivity index (χ1) is 15.0. The largest absolute Gasteiger partial charge is 0.497 e. The summed E-state index contributed by atoms with van der Waals surface area (Å²) in [7, 11) is 1.71. The van der Waals surface area contributed by atoms with E-state index in [2.05, 4.69) is 54.2 Å². The van der Waals surface area contributed by atoms with Gasteiger partial charge >= 0.3 is 0 Å². The number of aromatic nitrogens is 1. The average molecular weight is 420 g/mol. The average Bonchev–Trinajstić information content (AvgIpc) is 3.21. The summed E-state index contributed by atoms with van der Waals surface area (Å²) < 4.78 is 5.41. The van der Waals surface area contributed by atoms with Gasteiger partial charge in [-0.3, -0.25) is 9.69 Å². The van der Waals surface area contributed by atoms with E-state index < -0.39 is 0 Å². The molecular formula is C26H33N3O2. The van der Waals surface area contributed by atoms with Gasteiger partial charge in [-0.1, -0.05) is 30.3 Å². The van der Waals surface area contributed by atoms with E-state index in [1.165, 1.54) is 16.5 Å². The zero-order valence-electron chi connectivity index (χ0n) is 18.8. The summed E-state index contributed by atoms with van der Waals surface area (Å²) in [6, 6.07) is 16.6. The highest BCUT2D eigenvalue weighted by Crippen LogP contribution is 2.34. The Balaban J connectivity index is 1.37. The number of hydrogen-bond donors (Lipinski definition) is 1. The van der Waals surface area contributed by atoms with Crippen LogP contribution in [0.1, 0.15) is 43.7 Å². The molecule has 2 heterocycles. The monoisotopic (exact) mass is 419 g/mol. The van der Waals surface area contributed by atoms with Gasteiger partial charge in [-0.2, -0.15) is 0 Å². The maximum absolute atomic E-state index is 13.1. The molecule has 31 heavy (non-hydrogen) atoms. The van der Waals surface area contributed by atoms with Crippen molar-refractivity contribution in [2.24, 2.45) is 0 Å². The smallest absolute Gasteiger partial charge is 0.237 e. The van der Waals surface area contributed by atoms with E-state index in [9.17, 15) is 4.79 Å². The quantitative estimate of drug-likeness (QED) is 0.599. The molecule has 0 spiro atoms. The molecule has 0 unspecified atom stereocenters. The molecule has 2 aromatic carbocycles. The van der Waals surface area contributed by atoms with Gasteiger partial charge in [-0.25, -0.2) is 0 Å². The molecular weight excluding hydrogens is 386 g/mol. The SMILES string of the molecule is COc1ccc2[nH]cc(C3CCN(CC(=O)N(Cc4ccccc4)C(C)C)CC3)c2c1. The number of rotatable bonds is 7. The molecule has 0 aliphatic carbocycles. The standard InChI is InChI=1S/C26H33N3O2/c1-19(2)29(17-20-7-5-4-6-8-20)26(30)18-28-13-11-21(12-14-28)24-16-27-25-10-9-22(31-3)15-23(24)25/h4-10,15-16,19,21,27H,11-14,17-18H2,1-3H3. The zero-order chi connectivity index (χ0) is 21.8. The van der Waals surface area contributed by atoms with Crippen molar-refractivity contribution in [2.45, 2.75) is 45.2 Å². The van der Waals surface area contributed by atoms with E-state index >= 15 is 0 Å². The molecule has 1 aliphatic rings. The van der Waals surface area contributed by atoms with Crippen LogP contribution in [0.3, 0.4) is 0 Å². The van der Waals surface area contributed by atoms with Crippen molar-refractivity contribution in [2.75, 3.05) is 26.7 Å². The second-order valence-corrected chi connectivity index (χ2v) is 8.81. The number of H-pyrrole nitrogens is 1. The Bertz CT molecular complexity index is 1000. The number of carbonyl (C=O) groups is 1. The molecule has 5 nitrogen and oxygen atoms in total. The fourth-order valence-corrected chi connectivity index (χ4v) is 4.61. The molecule has 5 heteroatoms. The molecule has 0 atom stereocenters. The number of carbonyl (C=O) groups excluding carboxylic acids is 1. The van der Waals surface area contributed by atoms with Crippen molar-refractivity contribution in [1.82, 2.24) is 14.8 Å². The van der Waals surface area contributed by atoms with Crippen LogP contribution in [0, 0.1) is 0 Å². The Hall–Kier alpha value is -2.79. The molecule has 164 valence electrons. The second kappa shape index (κ2) is 9.56. The van der Waals surface area contributed by atoms with Crippen LogP contribution >= 0.6 is 0 Å². The minimum atomic E-state index is 0.187. The summed E-state index contributed by atoms with van der Waals surface area (Å²) in [5.74, 6) is 1.62. The van der Waals surface area contributed by atoms with Gasteiger partial charge in [0, 0.05) is 29.7 Å². The fourth-order valence-electron chi connectivity index (χ4n) is 4.61. The van der Waals surface area contributed by atoms with E-state index in [0.717, 1.165) is 37.2 Å². The van der Waals surface area contributed by atoms with Crippen LogP contribution in [0.2, 0.25) is 0 Å². The van der Waals surface area contributed by atoms with Gasteiger partial charge in [0.15, 0.2) is 0 Å². The number of piperidine rings is 1. The third-order valence-corrected chi connectivity index (χ3v) is 6.45. The topological polar surface area (TPSA) is 48.6 Å². The molecule has 1 saturated heterocycles. The molecule has 4 rings (SSSR count). The molecule has 1 aliphatic heterocycles. The minimum Gasteiger partial charge on any atom is -0.497 e. The summed E-state index contributed by atoms with van der Waals surface area (Å²) in [5.41, 5.74) is 3.70. The normalized spacial score (nSPS) is 15.5. The molecule has 0 radical (unpaired) electrons. The lowest BCUT2D eigenvalue weighted by Gasteiger charge is -2.34. The Kier molecular flexibility index (Phi) is 6.62. The highest BCUT2D eigenvalue weighted by atomic mass is 16.5. The lowest BCUT2D eigenvalue weighted by Crippen LogP contribution is -2.45. The molecule has 1 aromatic heterocycles. The zero-order valence-corrected chi connectivity index (χ0v) is 18.8. The van der Waals surface area contributed by atoms with Gasteiger partial charge < -0.3 is 14.6 Å². The first kappa shape index (κ1) is 21.4. The number of nitrogens with one attached hydrogen (secondary N) is 1. The Morgan fingerprint density at radius 3 is 2.58 bits per heavy atom. The number of hydrogen-bond acceptors (Lipinski definition) is 3. The highest BCUT2D eigenvalue weighted by molar-refractivity contribution is 5.85. The number of methoxy groups -OCH3 is 1. The van der Waals surface area contributed by atoms with Crippen molar-refractivity contribution in [1.29, 1.82) is 0 Å². The Labute approximate surface area is 185 Å². The number of amides is 1. The van der Waals surface area contributed by atoms with Crippen molar-refractivity contribution in [3.63, 3.8) is 0 Å². The van der Waals surface area contributed by atoms with Gasteiger partial charge in [-0.05, 0) is 75.0 Å². The van der Waals surface area contributed by atoms with E-state index in [1.54, 1.807) is 7.11 Å². The van der Waals surface area contributed by atoms with Crippen molar-refractivity contribution >= 4 is 16.8 Å².